The van der Waals surface area contributed by atoms with Gasteiger partial charge in [-0.25, -0.2) is 0 Å². The third kappa shape index (κ3) is 2.60. The molecule has 4 heteroatoms. The Bertz CT molecular complexity index is 569. The molecule has 86 valence electrons. The van der Waals surface area contributed by atoms with Gasteiger partial charge in [0.05, 0.1) is 16.3 Å². The van der Waals surface area contributed by atoms with Crippen LogP contribution in [0.2, 0.25) is 5.02 Å². The van der Waals surface area contributed by atoms with Crippen LogP contribution >= 0.6 is 22.9 Å². The quantitative estimate of drug-likeness (QED) is 0.900. The number of nitrogens with one attached hydrogen (secondary N) is 1. The molecule has 1 aromatic heterocycles. The molecule has 0 saturated heterocycles. The smallest absolute Gasteiger partial charge is 0.103 e. The van der Waals surface area contributed by atoms with E-state index in [0.717, 1.165) is 12.2 Å². The molecule has 1 N–H and O–H groups in total. The van der Waals surface area contributed by atoms with E-state index < -0.39 is 0 Å². The van der Waals surface area contributed by atoms with E-state index in [0.29, 0.717) is 10.6 Å². The molecule has 0 radical (unpaired) electrons. The van der Waals surface area contributed by atoms with Gasteiger partial charge < -0.3 is 5.32 Å². The van der Waals surface area contributed by atoms with Gasteiger partial charge >= 0.3 is 0 Å². The van der Waals surface area contributed by atoms with E-state index in [2.05, 4.69) is 29.8 Å². The molecule has 0 aliphatic rings. The first-order valence-electron chi connectivity index (χ1n) is 5.18. The first-order chi connectivity index (χ1) is 8.22. The minimum atomic E-state index is 0.486. The summed E-state index contributed by atoms with van der Waals surface area (Å²) in [5.74, 6) is 0. The van der Waals surface area contributed by atoms with E-state index in [-0.39, 0.29) is 0 Å². The molecule has 2 aromatic rings. The molecular formula is C13H11ClN2S. The predicted octanol–water partition coefficient (Wildman–Crippen LogP) is 4.19. The largest absolute Gasteiger partial charge is 0.379 e. The number of hydrogen-bond donors (Lipinski definition) is 1. The topological polar surface area (TPSA) is 35.8 Å². The molecule has 1 heterocycles. The minimum absolute atomic E-state index is 0.486. The maximum Gasteiger partial charge on any atom is 0.103 e. The Morgan fingerprint density at radius 2 is 2.24 bits per heavy atom. The van der Waals surface area contributed by atoms with Crippen molar-refractivity contribution in [3.63, 3.8) is 0 Å². The Kier molecular flexibility index (Phi) is 3.68. The second-order valence-electron chi connectivity index (χ2n) is 3.65. The number of aryl methyl sites for hydroxylation is 1. The van der Waals surface area contributed by atoms with Gasteiger partial charge in [0, 0.05) is 11.4 Å². The van der Waals surface area contributed by atoms with Crippen LogP contribution < -0.4 is 5.32 Å². The van der Waals surface area contributed by atoms with Crippen molar-refractivity contribution in [1.29, 1.82) is 5.26 Å². The lowest BCUT2D eigenvalue weighted by atomic mass is 10.2. The molecule has 2 rings (SSSR count). The predicted molar refractivity (Wildman–Crippen MR) is 72.5 cm³/mol. The maximum atomic E-state index is 9.04. The molecule has 17 heavy (non-hydrogen) atoms. The minimum Gasteiger partial charge on any atom is -0.379 e. The van der Waals surface area contributed by atoms with Gasteiger partial charge in [-0.05, 0) is 36.1 Å². The lowest BCUT2D eigenvalue weighted by molar-refractivity contribution is 1.16. The summed E-state index contributed by atoms with van der Waals surface area (Å²) in [7, 11) is 0. The van der Waals surface area contributed by atoms with E-state index in [9.17, 15) is 0 Å². The second kappa shape index (κ2) is 5.22. The number of rotatable bonds is 3. The lowest BCUT2D eigenvalue weighted by Crippen LogP contribution is -2.00. The van der Waals surface area contributed by atoms with Gasteiger partial charge in [0.1, 0.15) is 6.07 Å². The normalized spacial score (nSPS) is 9.94. The van der Waals surface area contributed by atoms with Crippen LogP contribution in [0, 0.1) is 18.3 Å². The van der Waals surface area contributed by atoms with Crippen molar-refractivity contribution in [3.05, 3.63) is 50.7 Å². The van der Waals surface area contributed by atoms with Gasteiger partial charge in [-0.15, -0.1) is 11.3 Å². The van der Waals surface area contributed by atoms with Gasteiger partial charge in [-0.1, -0.05) is 17.7 Å². The summed E-state index contributed by atoms with van der Waals surface area (Å²) in [6.07, 6.45) is 0. The molecule has 0 unspecified atom stereocenters. The highest BCUT2D eigenvalue weighted by atomic mass is 35.5. The molecule has 0 amide bonds. The van der Waals surface area contributed by atoms with Gasteiger partial charge in [-0.3, -0.25) is 0 Å². The Hall–Kier alpha value is -1.50. The fourth-order valence-electron chi connectivity index (χ4n) is 1.55. The Morgan fingerprint density at radius 3 is 2.88 bits per heavy atom. The number of anilines is 1. The van der Waals surface area contributed by atoms with Crippen LogP contribution in [0.25, 0.3) is 0 Å². The van der Waals surface area contributed by atoms with Crippen LogP contribution in [0.15, 0.2) is 29.6 Å². The summed E-state index contributed by atoms with van der Waals surface area (Å²) in [6.45, 7) is 2.80. The molecule has 0 fully saturated rings. The number of nitrogens with zero attached hydrogens (tertiary/aromatic N) is 1. The summed E-state index contributed by atoms with van der Waals surface area (Å²) in [5, 5.41) is 14.8. The molecule has 0 aliphatic carbocycles. The number of halogens is 1. The van der Waals surface area contributed by atoms with Crippen LogP contribution in [0.5, 0.6) is 0 Å². The molecule has 0 aliphatic heterocycles. The van der Waals surface area contributed by atoms with E-state index in [1.807, 2.05) is 12.1 Å². The first kappa shape index (κ1) is 12.0. The Morgan fingerprint density at radius 1 is 1.41 bits per heavy atom. The summed E-state index contributed by atoms with van der Waals surface area (Å²) < 4.78 is 0. The average molecular weight is 263 g/mol. The molecule has 1 aromatic carbocycles. The van der Waals surface area contributed by atoms with Crippen LogP contribution in [-0.4, -0.2) is 0 Å². The van der Waals surface area contributed by atoms with E-state index in [4.69, 9.17) is 16.9 Å². The number of nitriles is 1. The number of hydrogen-bond acceptors (Lipinski definition) is 3. The van der Waals surface area contributed by atoms with Crippen molar-refractivity contribution in [1.82, 2.24) is 0 Å². The zero-order chi connectivity index (χ0) is 12.3. The zero-order valence-corrected chi connectivity index (χ0v) is 10.9. The maximum absolute atomic E-state index is 9.04. The van der Waals surface area contributed by atoms with E-state index in [1.165, 1.54) is 10.4 Å². The summed E-state index contributed by atoms with van der Waals surface area (Å²) in [6, 6.07) is 9.64. The fourth-order valence-corrected chi connectivity index (χ4v) is 2.61. The number of thiophene rings is 1. The van der Waals surface area contributed by atoms with E-state index >= 15 is 0 Å². The SMILES string of the molecule is Cc1ccsc1CNc1cccc(Cl)c1C#N. The van der Waals surface area contributed by atoms with Crippen LogP contribution in [0.3, 0.4) is 0 Å². The highest BCUT2D eigenvalue weighted by Gasteiger charge is 2.06. The van der Waals surface area contributed by atoms with Crippen molar-refractivity contribution in [2.75, 3.05) is 5.32 Å². The van der Waals surface area contributed by atoms with E-state index in [1.54, 1.807) is 17.4 Å². The van der Waals surface area contributed by atoms with Crippen molar-refractivity contribution in [2.24, 2.45) is 0 Å². The monoisotopic (exact) mass is 262 g/mol. The standard InChI is InChI=1S/C13H11ClN2S/c1-9-5-6-17-13(9)8-16-12-4-2-3-11(14)10(12)7-15/h2-6,16H,8H2,1H3. The van der Waals surface area contributed by atoms with Gasteiger partial charge in [0.25, 0.3) is 0 Å². The number of benzene rings is 1. The van der Waals surface area contributed by atoms with Gasteiger partial charge in [-0.2, -0.15) is 5.26 Å². The highest BCUT2D eigenvalue weighted by molar-refractivity contribution is 7.10. The fraction of sp³-hybridized carbons (Fsp3) is 0.154. The molecule has 0 bridgehead atoms. The first-order valence-corrected chi connectivity index (χ1v) is 6.43. The molecule has 0 spiro atoms. The van der Waals surface area contributed by atoms with Gasteiger partial charge in [0.15, 0.2) is 0 Å². The Labute approximate surface area is 109 Å². The third-order valence-corrected chi connectivity index (χ3v) is 3.87. The molecule has 0 saturated carbocycles. The Balaban J connectivity index is 2.18. The summed E-state index contributed by atoms with van der Waals surface area (Å²) in [5.41, 5.74) is 2.55. The zero-order valence-electron chi connectivity index (χ0n) is 9.33. The average Bonchev–Trinajstić information content (AvgIpc) is 2.72. The van der Waals surface area contributed by atoms with Crippen molar-refractivity contribution in [3.8, 4) is 6.07 Å². The van der Waals surface area contributed by atoms with Crippen molar-refractivity contribution < 1.29 is 0 Å². The lowest BCUT2D eigenvalue weighted by Gasteiger charge is -2.08. The van der Waals surface area contributed by atoms with Crippen molar-refractivity contribution in [2.45, 2.75) is 13.5 Å². The van der Waals surface area contributed by atoms with Gasteiger partial charge in [0.2, 0.25) is 0 Å². The molecular weight excluding hydrogens is 252 g/mol. The van der Waals surface area contributed by atoms with Crippen LogP contribution in [0.4, 0.5) is 5.69 Å². The third-order valence-electron chi connectivity index (χ3n) is 2.53. The summed E-state index contributed by atoms with van der Waals surface area (Å²) >= 11 is 7.67. The van der Waals surface area contributed by atoms with Crippen LogP contribution in [-0.2, 0) is 6.54 Å². The molecule has 2 nitrogen and oxygen atoms in total. The van der Waals surface area contributed by atoms with Crippen molar-refractivity contribution >= 4 is 28.6 Å². The second-order valence-corrected chi connectivity index (χ2v) is 5.06. The van der Waals surface area contributed by atoms with Crippen LogP contribution in [0.1, 0.15) is 16.0 Å². The summed E-state index contributed by atoms with van der Waals surface area (Å²) in [4.78, 5) is 1.27. The molecule has 0 atom stereocenters. The highest BCUT2D eigenvalue weighted by Crippen LogP contribution is 2.24.